The van der Waals surface area contributed by atoms with E-state index < -0.39 is 5.97 Å². The molecule has 0 saturated heterocycles. The minimum atomic E-state index is -0.833. The van der Waals surface area contributed by atoms with E-state index in [4.69, 9.17) is 15.0 Å². The molecule has 0 amide bonds. The quantitative estimate of drug-likeness (QED) is 0.501. The van der Waals surface area contributed by atoms with Crippen molar-refractivity contribution in [2.75, 3.05) is 0 Å². The highest BCUT2D eigenvalue weighted by Crippen LogP contribution is 2.06. The van der Waals surface area contributed by atoms with Crippen LogP contribution < -0.4 is 0 Å². The molecule has 0 unspecified atom stereocenters. The summed E-state index contributed by atoms with van der Waals surface area (Å²) in [6, 6.07) is 0. The lowest BCUT2D eigenvalue weighted by molar-refractivity contribution is -0.134. The smallest absolute Gasteiger partial charge is 0.300 e. The van der Waals surface area contributed by atoms with Gasteiger partial charge >= 0.3 is 0 Å². The van der Waals surface area contributed by atoms with E-state index in [0.29, 0.717) is 0 Å². The molecule has 90 valence electrons. The summed E-state index contributed by atoms with van der Waals surface area (Å²) < 4.78 is 0. The number of carboxylic acids is 1. The van der Waals surface area contributed by atoms with Gasteiger partial charge in [0.25, 0.3) is 5.97 Å². The minimum absolute atomic E-state index is 0.833. The first-order valence-electron chi connectivity index (χ1n) is 5.63. The highest BCUT2D eigenvalue weighted by Gasteiger charge is 1.87. The van der Waals surface area contributed by atoms with Gasteiger partial charge in [-0.15, -0.1) is 0 Å². The molecule has 0 radical (unpaired) electrons. The van der Waals surface area contributed by atoms with E-state index in [2.05, 4.69) is 6.92 Å². The molecule has 3 nitrogen and oxygen atoms in total. The third kappa shape index (κ3) is 32.1. The molecule has 3 heteroatoms. The fourth-order valence-corrected chi connectivity index (χ4v) is 1.12. The van der Waals surface area contributed by atoms with Crippen molar-refractivity contribution in [3.8, 4) is 0 Å². The van der Waals surface area contributed by atoms with E-state index in [1.165, 1.54) is 38.5 Å². The molecule has 0 fully saturated rings. The zero-order valence-corrected chi connectivity index (χ0v) is 9.91. The molecule has 2 N–H and O–H groups in total. The van der Waals surface area contributed by atoms with Crippen molar-refractivity contribution in [1.29, 1.82) is 0 Å². The van der Waals surface area contributed by atoms with Crippen molar-refractivity contribution in [1.82, 2.24) is 0 Å². The molecule has 0 rings (SSSR count). The molecule has 0 aromatic carbocycles. The lowest BCUT2D eigenvalue weighted by Crippen LogP contribution is -1.78. The lowest BCUT2D eigenvalue weighted by atomic mass is 10.1. The van der Waals surface area contributed by atoms with Gasteiger partial charge in [0.05, 0.1) is 6.26 Å². The molecule has 0 bridgehead atoms. The first-order valence-corrected chi connectivity index (χ1v) is 5.63. The Bertz CT molecular complexity index is 149. The average molecular weight is 216 g/mol. The zero-order chi connectivity index (χ0) is 11.9. The summed E-state index contributed by atoms with van der Waals surface area (Å²) in [6.07, 6.45) is 11.9. The molecule has 0 aromatic rings. The Morgan fingerprint density at radius 1 is 1.13 bits per heavy atom. The van der Waals surface area contributed by atoms with Gasteiger partial charge in [0.2, 0.25) is 0 Å². The Balaban J connectivity index is 0. The number of rotatable bonds is 7. The van der Waals surface area contributed by atoms with Crippen molar-refractivity contribution >= 4 is 5.97 Å². The average Bonchev–Trinajstić information content (AvgIpc) is 2.16. The van der Waals surface area contributed by atoms with E-state index in [1.807, 2.05) is 6.08 Å². The molecule has 15 heavy (non-hydrogen) atoms. The van der Waals surface area contributed by atoms with Crippen LogP contribution in [0, 0.1) is 0 Å². The Morgan fingerprint density at radius 2 is 1.60 bits per heavy atom. The van der Waals surface area contributed by atoms with E-state index in [9.17, 15) is 0 Å². The number of aliphatic hydroxyl groups is 1. The van der Waals surface area contributed by atoms with E-state index in [-0.39, 0.29) is 0 Å². The molecule has 0 atom stereocenters. The Morgan fingerprint density at radius 3 is 2.07 bits per heavy atom. The molecular weight excluding hydrogens is 192 g/mol. The molecule has 0 aliphatic heterocycles. The maximum absolute atomic E-state index is 9.00. The summed E-state index contributed by atoms with van der Waals surface area (Å²) in [6.45, 7) is 3.31. The number of hydrogen-bond acceptors (Lipinski definition) is 2. The van der Waals surface area contributed by atoms with E-state index in [0.717, 1.165) is 19.6 Å². The maximum atomic E-state index is 9.00. The topological polar surface area (TPSA) is 57.5 Å². The molecular formula is C12H24O3. The normalized spacial score (nSPS) is 9.73. The first kappa shape index (κ1) is 16.4. The summed E-state index contributed by atoms with van der Waals surface area (Å²) in [5.41, 5.74) is 0. The highest BCUT2D eigenvalue weighted by atomic mass is 16.4. The third-order valence-corrected chi connectivity index (χ3v) is 1.83. The van der Waals surface area contributed by atoms with Crippen molar-refractivity contribution in [3.63, 3.8) is 0 Å². The minimum Gasteiger partial charge on any atom is -0.516 e. The van der Waals surface area contributed by atoms with Crippen LogP contribution in [0.25, 0.3) is 0 Å². The van der Waals surface area contributed by atoms with Gasteiger partial charge in [0, 0.05) is 6.92 Å². The molecule has 0 spiro atoms. The van der Waals surface area contributed by atoms with Crippen LogP contribution in [0.1, 0.15) is 58.8 Å². The van der Waals surface area contributed by atoms with Gasteiger partial charge < -0.3 is 10.2 Å². The number of unbranched alkanes of at least 4 members (excludes halogenated alkanes) is 6. The predicted molar refractivity (Wildman–Crippen MR) is 63.1 cm³/mol. The zero-order valence-electron chi connectivity index (χ0n) is 9.91. The number of carbonyl (C=O) groups is 1. The third-order valence-electron chi connectivity index (χ3n) is 1.83. The number of aliphatic carboxylic acids is 1. The second-order valence-electron chi connectivity index (χ2n) is 3.46. The largest absolute Gasteiger partial charge is 0.516 e. The SMILES string of the molecule is CC(=O)O.CCCCCCCCC=CO. The van der Waals surface area contributed by atoms with Crippen LogP contribution in [0.3, 0.4) is 0 Å². The monoisotopic (exact) mass is 216 g/mol. The fourth-order valence-electron chi connectivity index (χ4n) is 1.12. The van der Waals surface area contributed by atoms with Crippen LogP contribution in [-0.2, 0) is 4.79 Å². The van der Waals surface area contributed by atoms with Crippen molar-refractivity contribution in [2.24, 2.45) is 0 Å². The molecule has 0 heterocycles. The number of hydrogen-bond donors (Lipinski definition) is 2. The molecule has 0 aromatic heterocycles. The van der Waals surface area contributed by atoms with Crippen molar-refractivity contribution in [3.05, 3.63) is 12.3 Å². The summed E-state index contributed by atoms with van der Waals surface area (Å²) in [4.78, 5) is 9.00. The van der Waals surface area contributed by atoms with E-state index in [1.54, 1.807) is 0 Å². The summed E-state index contributed by atoms with van der Waals surface area (Å²) >= 11 is 0. The second kappa shape index (κ2) is 15.5. The fraction of sp³-hybridized carbons (Fsp3) is 0.750. The van der Waals surface area contributed by atoms with Crippen LogP contribution in [0.2, 0.25) is 0 Å². The van der Waals surface area contributed by atoms with Gasteiger partial charge in [-0.05, 0) is 12.8 Å². The number of carboxylic acid groups (broad SMARTS) is 1. The van der Waals surface area contributed by atoms with Gasteiger partial charge in [-0.3, -0.25) is 4.79 Å². The van der Waals surface area contributed by atoms with Gasteiger partial charge in [0.1, 0.15) is 0 Å². The maximum Gasteiger partial charge on any atom is 0.300 e. The summed E-state index contributed by atoms with van der Waals surface area (Å²) in [7, 11) is 0. The van der Waals surface area contributed by atoms with E-state index >= 15 is 0 Å². The van der Waals surface area contributed by atoms with Crippen LogP contribution in [0.5, 0.6) is 0 Å². The standard InChI is InChI=1S/C10H20O.C2H4O2/c1-2-3-4-5-6-7-8-9-10-11;1-2(3)4/h9-11H,2-8H2,1H3;1H3,(H,3,4). The van der Waals surface area contributed by atoms with Crippen LogP contribution >= 0.6 is 0 Å². The van der Waals surface area contributed by atoms with Gasteiger partial charge in [-0.25, -0.2) is 0 Å². The number of aliphatic hydroxyl groups excluding tert-OH is 1. The van der Waals surface area contributed by atoms with Gasteiger partial charge in [0.15, 0.2) is 0 Å². The summed E-state index contributed by atoms with van der Waals surface area (Å²) in [5, 5.41) is 15.7. The van der Waals surface area contributed by atoms with Crippen LogP contribution in [0.4, 0.5) is 0 Å². The Kier molecular flexibility index (Phi) is 17.0. The Labute approximate surface area is 92.8 Å². The predicted octanol–water partition coefficient (Wildman–Crippen LogP) is 3.90. The van der Waals surface area contributed by atoms with Crippen molar-refractivity contribution < 1.29 is 15.0 Å². The van der Waals surface area contributed by atoms with Gasteiger partial charge in [-0.2, -0.15) is 0 Å². The highest BCUT2D eigenvalue weighted by molar-refractivity contribution is 5.62. The van der Waals surface area contributed by atoms with Crippen LogP contribution in [-0.4, -0.2) is 16.2 Å². The summed E-state index contributed by atoms with van der Waals surface area (Å²) in [5.74, 6) is -0.833. The lowest BCUT2D eigenvalue weighted by Gasteiger charge is -1.96. The second-order valence-corrected chi connectivity index (χ2v) is 3.46. The number of allylic oxidation sites excluding steroid dienone is 1. The Hall–Kier alpha value is -0.990. The molecule has 0 aliphatic carbocycles. The van der Waals surface area contributed by atoms with Crippen molar-refractivity contribution in [2.45, 2.75) is 58.8 Å². The molecule has 0 saturated carbocycles. The molecule has 0 aliphatic rings. The first-order chi connectivity index (χ1) is 7.15. The van der Waals surface area contributed by atoms with Gasteiger partial charge in [-0.1, -0.05) is 45.1 Å². The van der Waals surface area contributed by atoms with Crippen LogP contribution in [0.15, 0.2) is 12.3 Å².